The molecule has 0 saturated heterocycles. The van der Waals surface area contributed by atoms with Crippen molar-refractivity contribution in [2.24, 2.45) is 5.92 Å². The van der Waals surface area contributed by atoms with E-state index in [0.29, 0.717) is 0 Å². The number of fused-ring (bicyclic) bond motifs is 1. The maximum atomic E-state index is 6.44. The van der Waals surface area contributed by atoms with Crippen LogP contribution in [-0.4, -0.2) is 6.54 Å². The molecule has 0 unspecified atom stereocenters. The highest BCUT2D eigenvalue weighted by Gasteiger charge is 2.14. The lowest BCUT2D eigenvalue weighted by atomic mass is 10.0. The quantitative estimate of drug-likeness (QED) is 0.683. The van der Waals surface area contributed by atoms with Crippen LogP contribution < -0.4 is 5.32 Å². The average molecular weight is 308 g/mol. The molecule has 0 amide bonds. The van der Waals surface area contributed by atoms with Gasteiger partial charge in [0, 0.05) is 21.5 Å². The second kappa shape index (κ2) is 6.93. The van der Waals surface area contributed by atoms with Crippen LogP contribution in [-0.2, 0) is 6.54 Å². The summed E-state index contributed by atoms with van der Waals surface area (Å²) in [5.41, 5.74) is 0. The van der Waals surface area contributed by atoms with E-state index in [4.69, 9.17) is 11.6 Å². The van der Waals surface area contributed by atoms with Gasteiger partial charge in [-0.3, -0.25) is 0 Å². The minimum Gasteiger partial charge on any atom is -0.312 e. The summed E-state index contributed by atoms with van der Waals surface area (Å²) < 4.78 is 1.29. The van der Waals surface area contributed by atoms with E-state index >= 15 is 0 Å². The number of hydrogen-bond donors (Lipinski definition) is 1. The zero-order valence-electron chi connectivity index (χ0n) is 11.8. The van der Waals surface area contributed by atoms with Crippen molar-refractivity contribution in [2.45, 2.75) is 45.1 Å². The highest BCUT2D eigenvalue weighted by atomic mass is 35.5. The summed E-state index contributed by atoms with van der Waals surface area (Å²) in [7, 11) is 0. The molecule has 1 N–H and O–H groups in total. The third-order valence-electron chi connectivity index (χ3n) is 4.33. The van der Waals surface area contributed by atoms with E-state index in [-0.39, 0.29) is 0 Å². The van der Waals surface area contributed by atoms with E-state index in [1.54, 1.807) is 0 Å². The van der Waals surface area contributed by atoms with Crippen LogP contribution in [0, 0.1) is 5.92 Å². The van der Waals surface area contributed by atoms with Gasteiger partial charge in [-0.1, -0.05) is 55.5 Å². The molecule has 3 rings (SSSR count). The molecule has 1 nitrogen and oxygen atoms in total. The number of thiophene rings is 1. The lowest BCUT2D eigenvalue weighted by Crippen LogP contribution is -2.14. The third-order valence-corrected chi connectivity index (χ3v) is 6.04. The Morgan fingerprint density at radius 1 is 1.20 bits per heavy atom. The molecule has 1 heterocycles. The van der Waals surface area contributed by atoms with Crippen molar-refractivity contribution >= 4 is 33.0 Å². The Balaban J connectivity index is 1.46. The Labute approximate surface area is 130 Å². The molecule has 0 spiro atoms. The second-order valence-corrected chi connectivity index (χ2v) is 7.32. The van der Waals surface area contributed by atoms with Crippen LogP contribution in [0.4, 0.5) is 0 Å². The summed E-state index contributed by atoms with van der Waals surface area (Å²) in [5.74, 6) is 1.00. The van der Waals surface area contributed by atoms with Gasteiger partial charge in [-0.15, -0.1) is 11.3 Å². The Morgan fingerprint density at radius 2 is 2.00 bits per heavy atom. The van der Waals surface area contributed by atoms with Crippen molar-refractivity contribution in [1.82, 2.24) is 5.32 Å². The van der Waals surface area contributed by atoms with E-state index in [1.165, 1.54) is 53.5 Å². The molecule has 0 radical (unpaired) electrons. The molecule has 1 aromatic carbocycles. The normalized spacial score (nSPS) is 16.2. The topological polar surface area (TPSA) is 12.0 Å². The first kappa shape index (κ1) is 14.4. The molecule has 20 heavy (non-hydrogen) atoms. The Bertz CT molecular complexity index is 557. The molecule has 1 aliphatic rings. The molecule has 1 fully saturated rings. The minimum atomic E-state index is 0.906. The van der Waals surface area contributed by atoms with Gasteiger partial charge in [0.05, 0.1) is 5.02 Å². The van der Waals surface area contributed by atoms with E-state index in [1.807, 2.05) is 11.3 Å². The smallest absolute Gasteiger partial charge is 0.0636 e. The van der Waals surface area contributed by atoms with E-state index in [2.05, 4.69) is 29.6 Å². The first-order chi connectivity index (χ1) is 9.84. The average Bonchev–Trinajstić information content (AvgIpc) is 3.08. The van der Waals surface area contributed by atoms with Gasteiger partial charge in [-0.25, -0.2) is 0 Å². The van der Waals surface area contributed by atoms with Gasteiger partial charge in [-0.05, 0) is 31.4 Å². The van der Waals surface area contributed by atoms with Crippen LogP contribution in [0.25, 0.3) is 10.1 Å². The van der Waals surface area contributed by atoms with Gasteiger partial charge in [0.15, 0.2) is 0 Å². The maximum Gasteiger partial charge on any atom is 0.0636 e. The van der Waals surface area contributed by atoms with E-state index in [9.17, 15) is 0 Å². The van der Waals surface area contributed by atoms with Crippen molar-refractivity contribution in [3.05, 3.63) is 34.2 Å². The van der Waals surface area contributed by atoms with Gasteiger partial charge in [0.2, 0.25) is 0 Å². The second-order valence-electron chi connectivity index (χ2n) is 5.80. The van der Waals surface area contributed by atoms with Gasteiger partial charge in [-0.2, -0.15) is 0 Å². The standard InChI is InChI=1S/C17H22ClNS/c18-17-14-9-3-4-10-15(14)20-16(17)12-19-11-5-8-13-6-1-2-7-13/h3-4,9-10,13,19H,1-2,5-8,11-12H2. The zero-order chi connectivity index (χ0) is 13.8. The monoisotopic (exact) mass is 307 g/mol. The van der Waals surface area contributed by atoms with Crippen LogP contribution in [0.2, 0.25) is 5.02 Å². The summed E-state index contributed by atoms with van der Waals surface area (Å²) in [4.78, 5) is 1.27. The fourth-order valence-corrected chi connectivity index (χ4v) is 4.66. The fraction of sp³-hybridized carbons (Fsp3) is 0.529. The lowest BCUT2D eigenvalue weighted by Gasteiger charge is -2.08. The molecular weight excluding hydrogens is 286 g/mol. The van der Waals surface area contributed by atoms with Gasteiger partial charge >= 0.3 is 0 Å². The van der Waals surface area contributed by atoms with Gasteiger partial charge in [0.25, 0.3) is 0 Å². The van der Waals surface area contributed by atoms with E-state index < -0.39 is 0 Å². The summed E-state index contributed by atoms with van der Waals surface area (Å²) in [6, 6.07) is 8.39. The third kappa shape index (κ3) is 3.36. The highest BCUT2D eigenvalue weighted by Crippen LogP contribution is 2.35. The molecule has 108 valence electrons. The van der Waals surface area contributed by atoms with Crippen molar-refractivity contribution in [1.29, 1.82) is 0 Å². The molecule has 0 aliphatic heterocycles. The molecule has 3 heteroatoms. The van der Waals surface area contributed by atoms with E-state index in [0.717, 1.165) is 24.0 Å². The molecule has 0 atom stereocenters. The number of benzene rings is 1. The van der Waals surface area contributed by atoms with Gasteiger partial charge < -0.3 is 5.32 Å². The Kier molecular flexibility index (Phi) is 4.98. The molecule has 1 aromatic heterocycles. The zero-order valence-corrected chi connectivity index (χ0v) is 13.4. The van der Waals surface area contributed by atoms with Gasteiger partial charge in [0.1, 0.15) is 0 Å². The summed E-state index contributed by atoms with van der Waals surface area (Å²) in [6.07, 6.45) is 8.52. The fourth-order valence-electron chi connectivity index (χ4n) is 3.20. The number of hydrogen-bond acceptors (Lipinski definition) is 2. The van der Waals surface area contributed by atoms with Crippen LogP contribution >= 0.6 is 22.9 Å². The number of halogens is 1. The van der Waals surface area contributed by atoms with Crippen molar-refractivity contribution in [3.8, 4) is 0 Å². The van der Waals surface area contributed by atoms with Crippen LogP contribution in [0.1, 0.15) is 43.4 Å². The Morgan fingerprint density at radius 3 is 2.80 bits per heavy atom. The molecular formula is C17H22ClNS. The predicted molar refractivity (Wildman–Crippen MR) is 89.7 cm³/mol. The van der Waals surface area contributed by atoms with Crippen LogP contribution in [0.15, 0.2) is 24.3 Å². The molecule has 1 aliphatic carbocycles. The summed E-state index contributed by atoms with van der Waals surface area (Å²) in [6.45, 7) is 2.02. The Hall–Kier alpha value is -0.570. The largest absolute Gasteiger partial charge is 0.312 e. The van der Waals surface area contributed by atoms with Crippen molar-refractivity contribution in [2.75, 3.05) is 6.54 Å². The maximum absolute atomic E-state index is 6.44. The van der Waals surface area contributed by atoms with Crippen molar-refractivity contribution in [3.63, 3.8) is 0 Å². The summed E-state index contributed by atoms with van der Waals surface area (Å²) in [5, 5.41) is 5.69. The molecule has 1 saturated carbocycles. The van der Waals surface area contributed by atoms with Crippen LogP contribution in [0.5, 0.6) is 0 Å². The highest BCUT2D eigenvalue weighted by molar-refractivity contribution is 7.19. The SMILES string of the molecule is Clc1c(CNCCCC2CCCC2)sc2ccccc12. The number of rotatable bonds is 6. The molecule has 2 aromatic rings. The number of nitrogens with one attached hydrogen (secondary N) is 1. The first-order valence-corrected chi connectivity index (χ1v) is 8.90. The lowest BCUT2D eigenvalue weighted by molar-refractivity contribution is 0.471. The predicted octanol–water partition coefficient (Wildman–Crippen LogP) is 5.61. The van der Waals surface area contributed by atoms with Crippen molar-refractivity contribution < 1.29 is 0 Å². The molecule has 0 bridgehead atoms. The first-order valence-electron chi connectivity index (χ1n) is 7.71. The minimum absolute atomic E-state index is 0.906. The summed E-state index contributed by atoms with van der Waals surface area (Å²) >= 11 is 8.26. The van der Waals surface area contributed by atoms with Crippen LogP contribution in [0.3, 0.4) is 0 Å².